The minimum atomic E-state index is -0.394. The molecule has 124 valence electrons. The van der Waals surface area contributed by atoms with Gasteiger partial charge < -0.3 is 4.74 Å². The van der Waals surface area contributed by atoms with Crippen LogP contribution in [0.5, 0.6) is 0 Å². The number of hydrogen-bond donors (Lipinski definition) is 0. The molecule has 0 fully saturated rings. The van der Waals surface area contributed by atoms with E-state index in [1.165, 1.54) is 17.4 Å². The molecule has 0 unspecified atom stereocenters. The van der Waals surface area contributed by atoms with E-state index >= 15 is 0 Å². The highest BCUT2D eigenvalue weighted by Gasteiger charge is 2.15. The number of aryl methyl sites for hydroxylation is 4. The van der Waals surface area contributed by atoms with Gasteiger partial charge in [0.05, 0.1) is 11.3 Å². The molecule has 0 saturated carbocycles. The van der Waals surface area contributed by atoms with Crippen molar-refractivity contribution >= 4 is 22.3 Å². The number of ether oxygens (including phenoxy) is 1. The maximum Gasteiger partial charge on any atom is 0.339 e. The molecule has 0 amide bonds. The summed E-state index contributed by atoms with van der Waals surface area (Å²) in [5.41, 5.74) is 4.59. The molecule has 2 heterocycles. The Morgan fingerprint density at radius 3 is 2.50 bits per heavy atom. The highest BCUT2D eigenvalue weighted by Crippen LogP contribution is 2.18. The topological polar surface area (TPSA) is 60.7 Å². The number of aromatic nitrogens is 2. The first-order valence-electron chi connectivity index (χ1n) is 7.58. The third-order valence-electron chi connectivity index (χ3n) is 3.86. The Balaban J connectivity index is 1.84. The summed E-state index contributed by atoms with van der Waals surface area (Å²) >= 11 is 1.39. The van der Waals surface area contributed by atoms with E-state index in [1.54, 1.807) is 4.40 Å². The fraction of sp³-hybridized carbons (Fsp3) is 0.278. The van der Waals surface area contributed by atoms with Crippen LogP contribution in [0, 0.1) is 27.7 Å². The monoisotopic (exact) mass is 342 g/mol. The second-order valence-corrected chi connectivity index (χ2v) is 6.77. The van der Waals surface area contributed by atoms with Crippen molar-refractivity contribution in [2.45, 2.75) is 34.3 Å². The largest absolute Gasteiger partial charge is 0.456 e. The van der Waals surface area contributed by atoms with Crippen LogP contribution in [-0.4, -0.2) is 15.4 Å². The number of esters is 1. The summed E-state index contributed by atoms with van der Waals surface area (Å²) in [5.74, 6) is -0.394. The van der Waals surface area contributed by atoms with Gasteiger partial charge in [-0.05, 0) is 38.8 Å². The molecule has 0 aliphatic carbocycles. The van der Waals surface area contributed by atoms with Gasteiger partial charge in [-0.2, -0.15) is 0 Å². The molecule has 1 aromatic carbocycles. The Morgan fingerprint density at radius 2 is 1.83 bits per heavy atom. The van der Waals surface area contributed by atoms with E-state index in [4.69, 9.17) is 4.74 Å². The molecule has 0 aliphatic heterocycles. The number of carbonyl (C=O) groups is 1. The molecule has 0 radical (unpaired) electrons. The highest BCUT2D eigenvalue weighted by molar-refractivity contribution is 7.15. The quantitative estimate of drug-likeness (QED) is 0.685. The zero-order chi connectivity index (χ0) is 17.4. The van der Waals surface area contributed by atoms with Crippen molar-refractivity contribution in [3.8, 4) is 0 Å². The molecule has 0 N–H and O–H groups in total. The first kappa shape index (κ1) is 16.4. The van der Waals surface area contributed by atoms with Crippen LogP contribution in [0.1, 0.15) is 38.4 Å². The molecule has 2 aromatic heterocycles. The lowest BCUT2D eigenvalue weighted by Crippen LogP contribution is -2.16. The van der Waals surface area contributed by atoms with Crippen LogP contribution >= 0.6 is 11.3 Å². The van der Waals surface area contributed by atoms with Crippen LogP contribution in [0.2, 0.25) is 0 Å². The van der Waals surface area contributed by atoms with Gasteiger partial charge >= 0.3 is 5.97 Å². The van der Waals surface area contributed by atoms with Crippen molar-refractivity contribution in [2.75, 3.05) is 0 Å². The second kappa shape index (κ2) is 6.20. The molecule has 3 rings (SSSR count). The van der Waals surface area contributed by atoms with E-state index < -0.39 is 5.97 Å². The normalized spacial score (nSPS) is 11.0. The molecule has 6 heteroatoms. The van der Waals surface area contributed by atoms with E-state index in [-0.39, 0.29) is 12.2 Å². The van der Waals surface area contributed by atoms with Gasteiger partial charge in [-0.25, -0.2) is 9.78 Å². The summed E-state index contributed by atoms with van der Waals surface area (Å²) in [6, 6.07) is 5.32. The third kappa shape index (κ3) is 2.97. The second-order valence-electron chi connectivity index (χ2n) is 5.93. The fourth-order valence-corrected chi connectivity index (χ4v) is 3.78. The van der Waals surface area contributed by atoms with E-state index in [0.29, 0.717) is 16.2 Å². The standard InChI is InChI=1S/C18H18N2O3S/c1-10-5-11(2)16(12(3)6-10)17(22)23-8-14-7-15(21)20-13(4)9-24-18(20)19-14/h5-7,9H,8H2,1-4H3. The maximum atomic E-state index is 12.4. The molecule has 24 heavy (non-hydrogen) atoms. The number of thiazole rings is 1. The van der Waals surface area contributed by atoms with E-state index in [9.17, 15) is 9.59 Å². The van der Waals surface area contributed by atoms with Crippen molar-refractivity contribution < 1.29 is 9.53 Å². The van der Waals surface area contributed by atoms with Gasteiger partial charge in [0.2, 0.25) is 0 Å². The lowest BCUT2D eigenvalue weighted by Gasteiger charge is -2.11. The summed E-state index contributed by atoms with van der Waals surface area (Å²) in [6.07, 6.45) is 0. The Kier molecular flexibility index (Phi) is 4.24. The third-order valence-corrected chi connectivity index (χ3v) is 4.80. The van der Waals surface area contributed by atoms with Gasteiger partial charge in [-0.1, -0.05) is 17.7 Å². The molecule has 0 atom stereocenters. The maximum absolute atomic E-state index is 12.4. The SMILES string of the molecule is Cc1cc(C)c(C(=O)OCc2cc(=O)n3c(C)csc3n2)c(C)c1. The Labute approximate surface area is 143 Å². The van der Waals surface area contributed by atoms with E-state index in [1.807, 2.05) is 45.2 Å². The average molecular weight is 342 g/mol. The number of hydrogen-bond acceptors (Lipinski definition) is 5. The predicted molar refractivity (Wildman–Crippen MR) is 93.8 cm³/mol. The van der Waals surface area contributed by atoms with E-state index in [2.05, 4.69) is 4.98 Å². The fourth-order valence-electron chi connectivity index (χ4n) is 2.89. The molecule has 5 nitrogen and oxygen atoms in total. The molecule has 0 saturated heterocycles. The zero-order valence-corrected chi connectivity index (χ0v) is 14.9. The van der Waals surface area contributed by atoms with Crippen molar-refractivity contribution in [3.63, 3.8) is 0 Å². The lowest BCUT2D eigenvalue weighted by atomic mass is 10.00. The van der Waals surface area contributed by atoms with Crippen LogP contribution in [0.25, 0.3) is 4.96 Å². The lowest BCUT2D eigenvalue weighted by molar-refractivity contribution is 0.0466. The summed E-state index contributed by atoms with van der Waals surface area (Å²) in [4.78, 5) is 29.5. The average Bonchev–Trinajstić information content (AvgIpc) is 2.86. The number of rotatable bonds is 3. The number of carbonyl (C=O) groups excluding carboxylic acids is 1. The van der Waals surface area contributed by atoms with Gasteiger partial charge in [0, 0.05) is 17.1 Å². The minimum absolute atomic E-state index is 0.0196. The smallest absolute Gasteiger partial charge is 0.339 e. The van der Waals surface area contributed by atoms with Gasteiger partial charge in [-0.15, -0.1) is 11.3 Å². The van der Waals surface area contributed by atoms with Gasteiger partial charge in [0.25, 0.3) is 5.56 Å². The summed E-state index contributed by atoms with van der Waals surface area (Å²) in [6.45, 7) is 7.61. The Hall–Kier alpha value is -2.47. The summed E-state index contributed by atoms with van der Waals surface area (Å²) < 4.78 is 6.93. The summed E-state index contributed by atoms with van der Waals surface area (Å²) in [7, 11) is 0. The van der Waals surface area contributed by atoms with Gasteiger partial charge in [0.1, 0.15) is 6.61 Å². The van der Waals surface area contributed by atoms with Gasteiger partial charge in [0.15, 0.2) is 4.96 Å². The Morgan fingerprint density at radius 1 is 1.17 bits per heavy atom. The van der Waals surface area contributed by atoms with Crippen LogP contribution in [-0.2, 0) is 11.3 Å². The molecular weight excluding hydrogens is 324 g/mol. The molecular formula is C18H18N2O3S. The molecule has 3 aromatic rings. The first-order valence-corrected chi connectivity index (χ1v) is 8.46. The van der Waals surface area contributed by atoms with Crippen LogP contribution in [0.4, 0.5) is 0 Å². The van der Waals surface area contributed by atoms with Crippen LogP contribution < -0.4 is 5.56 Å². The van der Waals surface area contributed by atoms with Crippen molar-refractivity contribution in [1.82, 2.24) is 9.38 Å². The minimum Gasteiger partial charge on any atom is -0.456 e. The number of benzene rings is 1. The zero-order valence-electron chi connectivity index (χ0n) is 14.0. The van der Waals surface area contributed by atoms with Crippen molar-refractivity contribution in [2.24, 2.45) is 0 Å². The first-order chi connectivity index (χ1) is 11.4. The van der Waals surface area contributed by atoms with Crippen LogP contribution in [0.15, 0.2) is 28.4 Å². The predicted octanol–water partition coefficient (Wildman–Crippen LogP) is 3.35. The molecule has 0 spiro atoms. The van der Waals surface area contributed by atoms with Gasteiger partial charge in [-0.3, -0.25) is 9.20 Å². The number of nitrogens with zero attached hydrogens (tertiary/aromatic N) is 2. The highest BCUT2D eigenvalue weighted by atomic mass is 32.1. The van der Waals surface area contributed by atoms with Crippen LogP contribution in [0.3, 0.4) is 0 Å². The Bertz CT molecular complexity index is 978. The van der Waals surface area contributed by atoms with Crippen molar-refractivity contribution in [3.05, 3.63) is 67.6 Å². The summed E-state index contributed by atoms with van der Waals surface area (Å²) in [5, 5.41) is 1.87. The molecule has 0 bridgehead atoms. The number of fused-ring (bicyclic) bond motifs is 1. The van der Waals surface area contributed by atoms with E-state index in [0.717, 1.165) is 22.4 Å². The molecule has 0 aliphatic rings. The van der Waals surface area contributed by atoms with Crippen molar-refractivity contribution in [1.29, 1.82) is 0 Å².